The SMILES string of the molecule is O=C(COC(=O)CCCN1C(=O)CNC1=O)NCCc1ccc(F)cc1. The van der Waals surface area contributed by atoms with Crippen LogP contribution in [0.4, 0.5) is 9.18 Å². The highest BCUT2D eigenvalue weighted by molar-refractivity contribution is 6.01. The van der Waals surface area contributed by atoms with Gasteiger partial charge < -0.3 is 15.4 Å². The van der Waals surface area contributed by atoms with Gasteiger partial charge in [-0.3, -0.25) is 19.3 Å². The standard InChI is InChI=1S/C17H20FN3O5/c18-13-5-3-12(4-6-13)7-8-19-14(22)11-26-16(24)2-1-9-21-15(23)10-20-17(21)25/h3-6H,1-2,7-11H2,(H,19,22)(H,20,25). The fourth-order valence-corrected chi connectivity index (χ4v) is 2.33. The molecule has 0 radical (unpaired) electrons. The number of rotatable bonds is 9. The Kier molecular flexibility index (Phi) is 7.07. The van der Waals surface area contributed by atoms with Gasteiger partial charge in [0.05, 0.1) is 6.54 Å². The molecule has 8 nitrogen and oxygen atoms in total. The zero-order valence-corrected chi connectivity index (χ0v) is 14.1. The van der Waals surface area contributed by atoms with E-state index < -0.39 is 24.5 Å². The van der Waals surface area contributed by atoms with E-state index in [4.69, 9.17) is 4.74 Å². The van der Waals surface area contributed by atoms with Gasteiger partial charge in [-0.25, -0.2) is 9.18 Å². The van der Waals surface area contributed by atoms with Crippen molar-refractivity contribution in [3.05, 3.63) is 35.6 Å². The molecule has 1 aromatic rings. The molecule has 0 atom stereocenters. The number of imide groups is 1. The maximum absolute atomic E-state index is 12.8. The van der Waals surface area contributed by atoms with Gasteiger partial charge in [0.2, 0.25) is 5.91 Å². The highest BCUT2D eigenvalue weighted by Crippen LogP contribution is 2.04. The Labute approximate surface area is 149 Å². The van der Waals surface area contributed by atoms with E-state index in [1.165, 1.54) is 12.1 Å². The lowest BCUT2D eigenvalue weighted by Crippen LogP contribution is -2.32. The zero-order valence-electron chi connectivity index (χ0n) is 14.1. The molecule has 0 aliphatic carbocycles. The summed E-state index contributed by atoms with van der Waals surface area (Å²) in [4.78, 5) is 46.9. The number of hydrogen-bond donors (Lipinski definition) is 2. The van der Waals surface area contributed by atoms with Crippen LogP contribution in [-0.4, -0.2) is 55.0 Å². The molecule has 0 unspecified atom stereocenters. The molecule has 9 heteroatoms. The van der Waals surface area contributed by atoms with Crippen molar-refractivity contribution in [2.24, 2.45) is 0 Å². The molecule has 140 valence electrons. The Hall–Kier alpha value is -2.97. The first-order valence-corrected chi connectivity index (χ1v) is 8.20. The Morgan fingerprint density at radius 3 is 2.62 bits per heavy atom. The van der Waals surface area contributed by atoms with Crippen molar-refractivity contribution in [1.82, 2.24) is 15.5 Å². The van der Waals surface area contributed by atoms with Crippen LogP contribution in [0.15, 0.2) is 24.3 Å². The molecule has 1 heterocycles. The van der Waals surface area contributed by atoms with Gasteiger partial charge in [-0.15, -0.1) is 0 Å². The van der Waals surface area contributed by atoms with Crippen LogP contribution >= 0.6 is 0 Å². The lowest BCUT2D eigenvalue weighted by atomic mass is 10.1. The number of nitrogens with zero attached hydrogens (tertiary/aromatic N) is 1. The lowest BCUT2D eigenvalue weighted by molar-refractivity contribution is -0.148. The first kappa shape index (κ1) is 19.4. The Balaban J connectivity index is 1.55. The molecule has 0 spiro atoms. The molecule has 26 heavy (non-hydrogen) atoms. The van der Waals surface area contributed by atoms with Crippen molar-refractivity contribution in [3.8, 4) is 0 Å². The smallest absolute Gasteiger partial charge is 0.324 e. The first-order chi connectivity index (χ1) is 12.5. The molecule has 2 rings (SSSR count). The Morgan fingerprint density at radius 2 is 1.96 bits per heavy atom. The average Bonchev–Trinajstić information content (AvgIpc) is 2.93. The largest absolute Gasteiger partial charge is 0.456 e. The zero-order chi connectivity index (χ0) is 18.9. The topological polar surface area (TPSA) is 105 Å². The second kappa shape index (κ2) is 9.50. The van der Waals surface area contributed by atoms with Crippen LogP contribution in [-0.2, 0) is 25.5 Å². The Morgan fingerprint density at radius 1 is 1.23 bits per heavy atom. The van der Waals surface area contributed by atoms with Crippen LogP contribution in [0.2, 0.25) is 0 Å². The molecule has 0 saturated carbocycles. The van der Waals surface area contributed by atoms with Gasteiger partial charge in [0.15, 0.2) is 6.61 Å². The van der Waals surface area contributed by atoms with E-state index in [1.54, 1.807) is 12.1 Å². The third kappa shape index (κ3) is 6.15. The molecule has 1 aliphatic heterocycles. The van der Waals surface area contributed by atoms with Crippen molar-refractivity contribution in [1.29, 1.82) is 0 Å². The van der Waals surface area contributed by atoms with Gasteiger partial charge in [0.25, 0.3) is 5.91 Å². The van der Waals surface area contributed by atoms with Crippen LogP contribution in [0.1, 0.15) is 18.4 Å². The van der Waals surface area contributed by atoms with E-state index in [2.05, 4.69) is 10.6 Å². The van der Waals surface area contributed by atoms with Gasteiger partial charge in [0.1, 0.15) is 5.82 Å². The predicted molar refractivity (Wildman–Crippen MR) is 88.4 cm³/mol. The number of carbonyl (C=O) groups is 4. The van der Waals surface area contributed by atoms with E-state index >= 15 is 0 Å². The van der Waals surface area contributed by atoms with Gasteiger partial charge >= 0.3 is 12.0 Å². The van der Waals surface area contributed by atoms with E-state index in [0.29, 0.717) is 13.0 Å². The molecule has 0 aromatic heterocycles. The fourth-order valence-electron chi connectivity index (χ4n) is 2.33. The average molecular weight is 365 g/mol. The highest BCUT2D eigenvalue weighted by Gasteiger charge is 2.27. The van der Waals surface area contributed by atoms with Crippen LogP contribution in [0.5, 0.6) is 0 Å². The van der Waals surface area contributed by atoms with Crippen LogP contribution in [0, 0.1) is 5.82 Å². The summed E-state index contributed by atoms with van der Waals surface area (Å²) in [6.07, 6.45) is 0.802. The third-order valence-corrected chi connectivity index (χ3v) is 3.71. The van der Waals surface area contributed by atoms with E-state index in [-0.39, 0.29) is 37.7 Å². The molecule has 4 amide bonds. The number of amides is 4. The fraction of sp³-hybridized carbons (Fsp3) is 0.412. The van der Waals surface area contributed by atoms with Crippen molar-refractivity contribution in [3.63, 3.8) is 0 Å². The molecule has 2 N–H and O–H groups in total. The highest BCUT2D eigenvalue weighted by atomic mass is 19.1. The van der Waals surface area contributed by atoms with Crippen LogP contribution in [0.3, 0.4) is 0 Å². The number of ether oxygens (including phenoxy) is 1. The second-order valence-corrected chi connectivity index (χ2v) is 5.69. The Bertz CT molecular complexity index is 661. The van der Waals surface area contributed by atoms with Crippen molar-refractivity contribution >= 4 is 23.8 Å². The van der Waals surface area contributed by atoms with Gasteiger partial charge in [-0.1, -0.05) is 12.1 Å². The number of halogens is 1. The molecular formula is C17H20FN3O5. The number of urea groups is 1. The normalized spacial score (nSPS) is 13.5. The first-order valence-electron chi connectivity index (χ1n) is 8.20. The summed E-state index contributed by atoms with van der Waals surface area (Å²) in [5.74, 6) is -1.66. The molecule has 0 bridgehead atoms. The third-order valence-electron chi connectivity index (χ3n) is 3.71. The maximum atomic E-state index is 12.8. The number of benzene rings is 1. The summed E-state index contributed by atoms with van der Waals surface area (Å²) in [6, 6.07) is 5.49. The molecule has 1 saturated heterocycles. The number of nitrogens with one attached hydrogen (secondary N) is 2. The lowest BCUT2D eigenvalue weighted by Gasteiger charge is -2.11. The summed E-state index contributed by atoms with van der Waals surface area (Å²) in [7, 11) is 0. The number of esters is 1. The molecule has 1 fully saturated rings. The van der Waals surface area contributed by atoms with E-state index in [0.717, 1.165) is 10.5 Å². The summed E-state index contributed by atoms with van der Waals surface area (Å²) in [5.41, 5.74) is 0.879. The van der Waals surface area contributed by atoms with Crippen molar-refractivity contribution in [2.45, 2.75) is 19.3 Å². The van der Waals surface area contributed by atoms with E-state index in [1.807, 2.05) is 0 Å². The second-order valence-electron chi connectivity index (χ2n) is 5.69. The predicted octanol–water partition coefficient (Wildman–Crippen LogP) is 0.360. The summed E-state index contributed by atoms with van der Waals surface area (Å²) >= 11 is 0. The minimum Gasteiger partial charge on any atom is -0.456 e. The van der Waals surface area contributed by atoms with Crippen molar-refractivity contribution < 1.29 is 28.3 Å². The van der Waals surface area contributed by atoms with E-state index in [9.17, 15) is 23.6 Å². The van der Waals surface area contributed by atoms with Crippen molar-refractivity contribution in [2.75, 3.05) is 26.2 Å². The maximum Gasteiger partial charge on any atom is 0.324 e. The minimum absolute atomic E-state index is 0.0000799. The van der Waals surface area contributed by atoms with Gasteiger partial charge in [-0.05, 0) is 30.5 Å². The minimum atomic E-state index is -0.578. The number of hydrogen-bond acceptors (Lipinski definition) is 5. The summed E-state index contributed by atoms with van der Waals surface area (Å²) < 4.78 is 17.6. The quantitative estimate of drug-likeness (QED) is 0.486. The molecule has 1 aliphatic rings. The van der Waals surface area contributed by atoms with Gasteiger partial charge in [-0.2, -0.15) is 0 Å². The summed E-state index contributed by atoms with van der Waals surface area (Å²) in [6.45, 7) is 0.0462. The number of carbonyl (C=O) groups excluding carboxylic acids is 4. The molecule has 1 aromatic carbocycles. The van der Waals surface area contributed by atoms with Gasteiger partial charge in [0, 0.05) is 19.5 Å². The summed E-state index contributed by atoms with van der Waals surface area (Å²) in [5, 5.41) is 4.98. The van der Waals surface area contributed by atoms with Crippen LogP contribution in [0.25, 0.3) is 0 Å². The molecular weight excluding hydrogens is 345 g/mol. The van der Waals surface area contributed by atoms with Crippen LogP contribution < -0.4 is 10.6 Å². The monoisotopic (exact) mass is 365 g/mol.